The van der Waals surface area contributed by atoms with Crippen LogP contribution >= 0.6 is 0 Å². The molecular weight excluding hydrogens is 262 g/mol. The van der Waals surface area contributed by atoms with Crippen molar-refractivity contribution in [1.82, 2.24) is 5.32 Å². The maximum absolute atomic E-state index is 12.2. The first-order valence-electron chi connectivity index (χ1n) is 6.64. The molecule has 0 aromatic heterocycles. The number of aliphatic carboxylic acids is 1. The Labute approximate surface area is 118 Å². The van der Waals surface area contributed by atoms with Gasteiger partial charge in [0.25, 0.3) is 0 Å². The van der Waals surface area contributed by atoms with Crippen LogP contribution in [0.2, 0.25) is 0 Å². The molecule has 1 aliphatic rings. The number of carboxylic acid groups (broad SMARTS) is 1. The molecule has 112 valence electrons. The zero-order valence-corrected chi connectivity index (χ0v) is 12.0. The molecule has 0 radical (unpaired) electrons. The number of hydrogen-bond donors (Lipinski definition) is 2. The summed E-state index contributed by atoms with van der Waals surface area (Å²) >= 11 is 0. The Morgan fingerprint density at radius 1 is 1.20 bits per heavy atom. The topological polar surface area (TPSA) is 92.7 Å². The second-order valence-corrected chi connectivity index (χ2v) is 5.25. The molecule has 1 aliphatic carbocycles. The molecule has 6 nitrogen and oxygen atoms in total. The molecular formula is C14H21NO5. The second-order valence-electron chi connectivity index (χ2n) is 5.25. The van der Waals surface area contributed by atoms with E-state index in [0.717, 1.165) is 0 Å². The molecule has 0 saturated heterocycles. The minimum Gasteiger partial charge on any atom is -0.481 e. The number of carbonyl (C=O) groups is 3. The predicted molar refractivity (Wildman–Crippen MR) is 71.8 cm³/mol. The number of carbonyl (C=O) groups excluding carboxylic acids is 2. The molecule has 3 unspecified atom stereocenters. The van der Waals surface area contributed by atoms with Gasteiger partial charge < -0.3 is 15.2 Å². The summed E-state index contributed by atoms with van der Waals surface area (Å²) in [6.07, 6.45) is 4.27. The SMILES string of the molecule is COC(=O)C(NC(=O)C1CC=CCC1C(=O)O)C(C)C. The van der Waals surface area contributed by atoms with Gasteiger partial charge in [-0.3, -0.25) is 9.59 Å². The van der Waals surface area contributed by atoms with Crippen molar-refractivity contribution < 1.29 is 24.2 Å². The Hall–Kier alpha value is -1.85. The Morgan fingerprint density at radius 3 is 2.20 bits per heavy atom. The lowest BCUT2D eigenvalue weighted by atomic mass is 9.82. The second kappa shape index (κ2) is 7.07. The van der Waals surface area contributed by atoms with Crippen molar-refractivity contribution in [1.29, 1.82) is 0 Å². The van der Waals surface area contributed by atoms with Gasteiger partial charge in [0.15, 0.2) is 0 Å². The van der Waals surface area contributed by atoms with Crippen LogP contribution in [-0.2, 0) is 19.1 Å². The van der Waals surface area contributed by atoms with Crippen LogP contribution in [0.15, 0.2) is 12.2 Å². The Bertz CT molecular complexity index is 416. The van der Waals surface area contributed by atoms with E-state index in [-0.39, 0.29) is 5.92 Å². The minimum atomic E-state index is -0.992. The number of methoxy groups -OCH3 is 1. The number of rotatable bonds is 5. The summed E-state index contributed by atoms with van der Waals surface area (Å²) in [5.41, 5.74) is 0. The number of amides is 1. The summed E-state index contributed by atoms with van der Waals surface area (Å²) in [4.78, 5) is 35.0. The lowest BCUT2D eigenvalue weighted by Crippen LogP contribution is -2.49. The quantitative estimate of drug-likeness (QED) is 0.579. The Balaban J connectivity index is 2.79. The third-order valence-electron chi connectivity index (χ3n) is 3.51. The molecule has 0 aromatic carbocycles. The van der Waals surface area contributed by atoms with Gasteiger partial charge in [-0.25, -0.2) is 4.79 Å². The molecule has 0 aliphatic heterocycles. The molecule has 0 bridgehead atoms. The highest BCUT2D eigenvalue weighted by Crippen LogP contribution is 2.26. The van der Waals surface area contributed by atoms with E-state index < -0.39 is 35.7 Å². The lowest BCUT2D eigenvalue weighted by Gasteiger charge is -2.27. The number of esters is 1. The summed E-state index contributed by atoms with van der Waals surface area (Å²) in [6.45, 7) is 3.58. The fraction of sp³-hybridized carbons (Fsp3) is 0.643. The van der Waals surface area contributed by atoms with Crippen molar-refractivity contribution in [2.24, 2.45) is 17.8 Å². The minimum absolute atomic E-state index is 0.131. The van der Waals surface area contributed by atoms with Crippen LogP contribution in [0.5, 0.6) is 0 Å². The standard InChI is InChI=1S/C14H21NO5/c1-8(2)11(14(19)20-3)15-12(16)9-6-4-5-7-10(9)13(17)18/h4-5,8-11H,6-7H2,1-3H3,(H,15,16)(H,17,18). The molecule has 20 heavy (non-hydrogen) atoms. The molecule has 6 heteroatoms. The van der Waals surface area contributed by atoms with Gasteiger partial charge in [0.1, 0.15) is 6.04 Å². The predicted octanol–water partition coefficient (Wildman–Crippen LogP) is 0.967. The smallest absolute Gasteiger partial charge is 0.328 e. The van der Waals surface area contributed by atoms with E-state index in [9.17, 15) is 14.4 Å². The van der Waals surface area contributed by atoms with Gasteiger partial charge in [-0.15, -0.1) is 0 Å². The monoisotopic (exact) mass is 283 g/mol. The van der Waals surface area contributed by atoms with Crippen LogP contribution in [0.3, 0.4) is 0 Å². The Kier molecular flexibility index (Phi) is 5.73. The van der Waals surface area contributed by atoms with E-state index in [2.05, 4.69) is 10.1 Å². The average Bonchev–Trinajstić information content (AvgIpc) is 2.43. The zero-order valence-electron chi connectivity index (χ0n) is 12.0. The normalized spacial score (nSPS) is 23.2. The van der Waals surface area contributed by atoms with Crippen LogP contribution < -0.4 is 5.32 Å². The van der Waals surface area contributed by atoms with E-state index in [4.69, 9.17) is 5.11 Å². The summed E-state index contributed by atoms with van der Waals surface area (Å²) in [6, 6.07) is -0.757. The maximum atomic E-state index is 12.2. The maximum Gasteiger partial charge on any atom is 0.328 e. The molecule has 0 spiro atoms. The molecule has 0 aromatic rings. The van der Waals surface area contributed by atoms with Crippen LogP contribution in [-0.4, -0.2) is 36.1 Å². The van der Waals surface area contributed by atoms with E-state index in [1.54, 1.807) is 26.0 Å². The summed E-state index contributed by atoms with van der Waals surface area (Å²) in [5, 5.41) is 11.8. The van der Waals surface area contributed by atoms with Crippen molar-refractivity contribution in [3.63, 3.8) is 0 Å². The average molecular weight is 283 g/mol. The van der Waals surface area contributed by atoms with Gasteiger partial charge in [-0.1, -0.05) is 26.0 Å². The third-order valence-corrected chi connectivity index (χ3v) is 3.51. The van der Waals surface area contributed by atoms with Gasteiger partial charge >= 0.3 is 11.9 Å². The largest absolute Gasteiger partial charge is 0.481 e. The van der Waals surface area contributed by atoms with Gasteiger partial charge in [0.2, 0.25) is 5.91 Å². The summed E-state index contributed by atoms with van der Waals surface area (Å²) < 4.78 is 4.65. The van der Waals surface area contributed by atoms with Gasteiger partial charge in [-0.05, 0) is 18.8 Å². The van der Waals surface area contributed by atoms with Crippen molar-refractivity contribution in [2.45, 2.75) is 32.7 Å². The highest BCUT2D eigenvalue weighted by atomic mass is 16.5. The highest BCUT2D eigenvalue weighted by Gasteiger charge is 2.36. The lowest BCUT2D eigenvalue weighted by molar-refractivity contribution is -0.149. The first-order valence-corrected chi connectivity index (χ1v) is 6.64. The van der Waals surface area contributed by atoms with Gasteiger partial charge in [0.05, 0.1) is 18.9 Å². The highest BCUT2D eigenvalue weighted by molar-refractivity contribution is 5.89. The number of nitrogens with one attached hydrogen (secondary N) is 1. The molecule has 0 heterocycles. The molecule has 1 amide bonds. The molecule has 2 N–H and O–H groups in total. The van der Waals surface area contributed by atoms with Gasteiger partial charge in [-0.2, -0.15) is 0 Å². The summed E-state index contributed by atoms with van der Waals surface area (Å²) in [5.74, 6) is -3.45. The third kappa shape index (κ3) is 3.82. The van der Waals surface area contributed by atoms with Crippen LogP contribution in [0.4, 0.5) is 0 Å². The fourth-order valence-electron chi connectivity index (χ4n) is 2.26. The number of hydrogen-bond acceptors (Lipinski definition) is 4. The molecule has 0 saturated carbocycles. The van der Waals surface area contributed by atoms with Crippen molar-refractivity contribution in [3.8, 4) is 0 Å². The van der Waals surface area contributed by atoms with E-state index in [1.165, 1.54) is 7.11 Å². The van der Waals surface area contributed by atoms with Crippen LogP contribution in [0.25, 0.3) is 0 Å². The van der Waals surface area contributed by atoms with E-state index in [0.29, 0.717) is 12.8 Å². The Morgan fingerprint density at radius 2 is 1.75 bits per heavy atom. The number of allylic oxidation sites excluding steroid dienone is 2. The first kappa shape index (κ1) is 16.2. The molecule has 3 atom stereocenters. The zero-order chi connectivity index (χ0) is 15.3. The fourth-order valence-corrected chi connectivity index (χ4v) is 2.26. The summed E-state index contributed by atoms with van der Waals surface area (Å²) in [7, 11) is 1.26. The molecule has 0 fully saturated rings. The van der Waals surface area contributed by atoms with Crippen molar-refractivity contribution in [2.75, 3.05) is 7.11 Å². The number of ether oxygens (including phenoxy) is 1. The first-order chi connectivity index (χ1) is 9.38. The van der Waals surface area contributed by atoms with Crippen LogP contribution in [0.1, 0.15) is 26.7 Å². The van der Waals surface area contributed by atoms with E-state index in [1.807, 2.05) is 0 Å². The van der Waals surface area contributed by atoms with Crippen molar-refractivity contribution >= 4 is 17.8 Å². The van der Waals surface area contributed by atoms with Crippen molar-refractivity contribution in [3.05, 3.63) is 12.2 Å². The number of carboxylic acids is 1. The van der Waals surface area contributed by atoms with E-state index >= 15 is 0 Å². The van der Waals surface area contributed by atoms with Crippen LogP contribution in [0, 0.1) is 17.8 Å². The molecule has 1 rings (SSSR count). The van der Waals surface area contributed by atoms with Gasteiger partial charge in [0, 0.05) is 0 Å².